The second kappa shape index (κ2) is 13.3. The van der Waals surface area contributed by atoms with Crippen molar-refractivity contribution in [3.8, 4) is 17.2 Å². The van der Waals surface area contributed by atoms with Gasteiger partial charge in [0.15, 0.2) is 11.5 Å². The van der Waals surface area contributed by atoms with Crippen LogP contribution in [-0.2, 0) is 11.2 Å². The Kier molecular flexibility index (Phi) is 10.4. The molecule has 0 fully saturated rings. The Labute approximate surface area is 185 Å². The van der Waals surface area contributed by atoms with Crippen LogP contribution in [0.15, 0.2) is 48.5 Å². The van der Waals surface area contributed by atoms with E-state index < -0.39 is 0 Å². The van der Waals surface area contributed by atoms with Crippen molar-refractivity contribution < 1.29 is 19.0 Å². The molecule has 0 aromatic heterocycles. The molecule has 6 nitrogen and oxygen atoms in total. The minimum atomic E-state index is 0.0396. The molecule has 0 radical (unpaired) electrons. The summed E-state index contributed by atoms with van der Waals surface area (Å²) in [6.45, 7) is 2.54. The standard InChI is InChI=1S/C25H34N2O4/c1-27(18-15-21-11-14-23(30-3)24(19-21)31-4)17-6-16-26-25(28)8-5-7-20-9-12-22(29-2)13-10-20/h5,7,9-14,19H,6,8,15-18H2,1-4H3,(H,26,28). The molecule has 0 aliphatic carbocycles. The van der Waals surface area contributed by atoms with Crippen LogP contribution in [0.5, 0.6) is 17.2 Å². The number of carbonyl (C=O) groups is 1. The predicted octanol–water partition coefficient (Wildman–Crippen LogP) is 3.80. The Bertz CT molecular complexity index is 834. The normalized spacial score (nSPS) is 11.0. The van der Waals surface area contributed by atoms with E-state index in [1.807, 2.05) is 48.6 Å². The van der Waals surface area contributed by atoms with Gasteiger partial charge in [-0.25, -0.2) is 0 Å². The Morgan fingerprint density at radius 3 is 2.39 bits per heavy atom. The molecule has 168 valence electrons. The Morgan fingerprint density at radius 1 is 0.968 bits per heavy atom. The lowest BCUT2D eigenvalue weighted by Crippen LogP contribution is -2.28. The van der Waals surface area contributed by atoms with Gasteiger partial charge in [-0.2, -0.15) is 0 Å². The van der Waals surface area contributed by atoms with Gasteiger partial charge in [0.1, 0.15) is 5.75 Å². The van der Waals surface area contributed by atoms with E-state index in [0.717, 1.165) is 48.7 Å². The second-order valence-corrected chi connectivity index (χ2v) is 7.33. The lowest BCUT2D eigenvalue weighted by Gasteiger charge is -2.17. The second-order valence-electron chi connectivity index (χ2n) is 7.33. The van der Waals surface area contributed by atoms with E-state index in [-0.39, 0.29) is 5.91 Å². The van der Waals surface area contributed by atoms with Gasteiger partial charge < -0.3 is 24.4 Å². The highest BCUT2D eigenvalue weighted by atomic mass is 16.5. The van der Waals surface area contributed by atoms with E-state index in [2.05, 4.69) is 23.3 Å². The van der Waals surface area contributed by atoms with Crippen molar-refractivity contribution in [2.24, 2.45) is 0 Å². The summed E-state index contributed by atoms with van der Waals surface area (Å²) in [6, 6.07) is 13.8. The zero-order valence-corrected chi connectivity index (χ0v) is 19.0. The van der Waals surface area contributed by atoms with E-state index in [1.54, 1.807) is 21.3 Å². The molecule has 0 aliphatic heterocycles. The van der Waals surface area contributed by atoms with Crippen molar-refractivity contribution in [2.45, 2.75) is 19.3 Å². The smallest absolute Gasteiger partial charge is 0.223 e. The summed E-state index contributed by atoms with van der Waals surface area (Å²) < 4.78 is 15.8. The van der Waals surface area contributed by atoms with Crippen LogP contribution in [0.25, 0.3) is 6.08 Å². The number of hydrogen-bond acceptors (Lipinski definition) is 5. The number of nitrogens with one attached hydrogen (secondary N) is 1. The first-order valence-electron chi connectivity index (χ1n) is 10.5. The number of carbonyl (C=O) groups excluding carboxylic acids is 1. The minimum absolute atomic E-state index is 0.0396. The highest BCUT2D eigenvalue weighted by Gasteiger charge is 2.06. The van der Waals surface area contributed by atoms with Crippen LogP contribution >= 0.6 is 0 Å². The number of amides is 1. The van der Waals surface area contributed by atoms with Crippen LogP contribution in [0.1, 0.15) is 24.0 Å². The van der Waals surface area contributed by atoms with Crippen molar-refractivity contribution in [2.75, 3.05) is 48.0 Å². The minimum Gasteiger partial charge on any atom is -0.497 e. The first-order valence-corrected chi connectivity index (χ1v) is 10.5. The molecule has 1 N–H and O–H groups in total. The highest BCUT2D eigenvalue weighted by molar-refractivity contribution is 5.78. The topological polar surface area (TPSA) is 60.0 Å². The van der Waals surface area contributed by atoms with Crippen LogP contribution in [0, 0.1) is 0 Å². The maximum absolute atomic E-state index is 12.0. The summed E-state index contributed by atoms with van der Waals surface area (Å²) in [5.74, 6) is 2.36. The lowest BCUT2D eigenvalue weighted by molar-refractivity contribution is -0.120. The van der Waals surface area contributed by atoms with Gasteiger partial charge in [0, 0.05) is 19.5 Å². The third-order valence-corrected chi connectivity index (χ3v) is 5.00. The number of hydrogen-bond donors (Lipinski definition) is 1. The lowest BCUT2D eigenvalue weighted by atomic mass is 10.1. The van der Waals surface area contributed by atoms with Gasteiger partial charge in [0.2, 0.25) is 5.91 Å². The van der Waals surface area contributed by atoms with E-state index in [9.17, 15) is 4.79 Å². The fourth-order valence-corrected chi connectivity index (χ4v) is 3.13. The summed E-state index contributed by atoms with van der Waals surface area (Å²) in [6.07, 6.45) is 6.05. The van der Waals surface area contributed by atoms with E-state index in [0.29, 0.717) is 13.0 Å². The summed E-state index contributed by atoms with van der Waals surface area (Å²) in [4.78, 5) is 14.3. The van der Waals surface area contributed by atoms with Crippen LogP contribution in [0.2, 0.25) is 0 Å². The van der Waals surface area contributed by atoms with Crippen LogP contribution in [-0.4, -0.2) is 58.8 Å². The van der Waals surface area contributed by atoms with Crippen LogP contribution < -0.4 is 19.5 Å². The van der Waals surface area contributed by atoms with Gasteiger partial charge in [-0.1, -0.05) is 30.4 Å². The van der Waals surface area contributed by atoms with Crippen molar-refractivity contribution >= 4 is 12.0 Å². The SMILES string of the molecule is COc1ccc(C=CCC(=O)NCCCN(C)CCc2ccc(OC)c(OC)c2)cc1. The summed E-state index contributed by atoms with van der Waals surface area (Å²) in [5.41, 5.74) is 2.26. The van der Waals surface area contributed by atoms with E-state index in [1.165, 1.54) is 5.56 Å². The molecule has 2 rings (SSSR count). The number of likely N-dealkylation sites (N-methyl/N-ethyl adjacent to an activating group) is 1. The molecule has 6 heteroatoms. The van der Waals surface area contributed by atoms with Gasteiger partial charge >= 0.3 is 0 Å². The number of methoxy groups -OCH3 is 3. The molecule has 0 unspecified atom stereocenters. The largest absolute Gasteiger partial charge is 0.497 e. The predicted molar refractivity (Wildman–Crippen MR) is 125 cm³/mol. The molecule has 0 saturated carbocycles. The molecule has 0 bridgehead atoms. The van der Waals surface area contributed by atoms with E-state index in [4.69, 9.17) is 14.2 Å². The maximum Gasteiger partial charge on any atom is 0.223 e. The molecule has 1 amide bonds. The number of benzene rings is 2. The Morgan fingerprint density at radius 2 is 1.71 bits per heavy atom. The quantitative estimate of drug-likeness (QED) is 0.494. The van der Waals surface area contributed by atoms with Gasteiger partial charge in [0.05, 0.1) is 21.3 Å². The number of ether oxygens (including phenoxy) is 3. The molecule has 0 saturated heterocycles. The average molecular weight is 427 g/mol. The van der Waals surface area contributed by atoms with Crippen LogP contribution in [0.4, 0.5) is 0 Å². The first-order chi connectivity index (χ1) is 15.0. The van der Waals surface area contributed by atoms with Crippen LogP contribution in [0.3, 0.4) is 0 Å². The van der Waals surface area contributed by atoms with Gasteiger partial charge in [0.25, 0.3) is 0 Å². The monoisotopic (exact) mass is 426 g/mol. The molecular weight excluding hydrogens is 392 g/mol. The summed E-state index contributed by atoms with van der Waals surface area (Å²) >= 11 is 0. The third kappa shape index (κ3) is 8.72. The fourth-order valence-electron chi connectivity index (χ4n) is 3.13. The Hall–Kier alpha value is -2.99. The van der Waals surface area contributed by atoms with Crippen molar-refractivity contribution in [3.63, 3.8) is 0 Å². The molecule has 0 atom stereocenters. The van der Waals surface area contributed by atoms with Crippen molar-refractivity contribution in [1.29, 1.82) is 0 Å². The third-order valence-electron chi connectivity index (χ3n) is 5.00. The van der Waals surface area contributed by atoms with E-state index >= 15 is 0 Å². The van der Waals surface area contributed by atoms with Gasteiger partial charge in [-0.05, 0) is 61.8 Å². The molecule has 2 aromatic carbocycles. The zero-order chi connectivity index (χ0) is 22.5. The number of rotatable bonds is 13. The molecule has 0 spiro atoms. The first kappa shape index (κ1) is 24.3. The fraction of sp³-hybridized carbons (Fsp3) is 0.400. The Balaban J connectivity index is 1.60. The molecular formula is C25H34N2O4. The molecule has 0 aliphatic rings. The highest BCUT2D eigenvalue weighted by Crippen LogP contribution is 2.27. The van der Waals surface area contributed by atoms with Crippen molar-refractivity contribution in [1.82, 2.24) is 10.2 Å². The summed E-state index contributed by atoms with van der Waals surface area (Å²) in [7, 11) is 7.03. The average Bonchev–Trinajstić information content (AvgIpc) is 2.80. The maximum atomic E-state index is 12.0. The number of nitrogens with zero attached hydrogens (tertiary/aromatic N) is 1. The molecule has 0 heterocycles. The summed E-state index contributed by atoms with van der Waals surface area (Å²) in [5, 5.41) is 2.98. The zero-order valence-electron chi connectivity index (χ0n) is 19.0. The van der Waals surface area contributed by atoms with Gasteiger partial charge in [-0.3, -0.25) is 4.79 Å². The molecule has 31 heavy (non-hydrogen) atoms. The van der Waals surface area contributed by atoms with Crippen molar-refractivity contribution in [3.05, 3.63) is 59.7 Å². The molecule has 2 aromatic rings. The van der Waals surface area contributed by atoms with Gasteiger partial charge in [-0.15, -0.1) is 0 Å².